The Morgan fingerprint density at radius 1 is 1.14 bits per heavy atom. The Morgan fingerprint density at radius 3 is 2.46 bits per heavy atom. The van der Waals surface area contributed by atoms with Crippen LogP contribution < -0.4 is 10.1 Å². The number of benzene rings is 2. The third kappa shape index (κ3) is 4.88. The van der Waals surface area contributed by atoms with E-state index in [2.05, 4.69) is 5.32 Å². The van der Waals surface area contributed by atoms with Crippen molar-refractivity contribution in [1.82, 2.24) is 4.31 Å². The highest BCUT2D eigenvalue weighted by molar-refractivity contribution is 7.89. The Bertz CT molecular complexity index is 914. The minimum atomic E-state index is -3.54. The number of sulfonamides is 1. The molecule has 1 fully saturated rings. The van der Waals surface area contributed by atoms with Crippen molar-refractivity contribution in [2.45, 2.75) is 37.1 Å². The molecule has 1 aliphatic heterocycles. The van der Waals surface area contributed by atoms with Gasteiger partial charge in [0.15, 0.2) is 6.61 Å². The number of hydrogen-bond donors (Lipinski definition) is 1. The standard InChI is InChI=1S/C20H23FN2O4S/c1-15-4-2-3-13-23(15)28(25,26)19-11-7-17(8-12-19)22-20(24)14-27-18-9-5-16(21)6-10-18/h5-12,15H,2-4,13-14H2,1H3,(H,22,24)/t15-/m0/s1. The molecule has 0 unspecified atom stereocenters. The lowest BCUT2D eigenvalue weighted by Crippen LogP contribution is -2.41. The summed E-state index contributed by atoms with van der Waals surface area (Å²) in [5.74, 6) is -0.399. The number of ether oxygens (including phenoxy) is 1. The maximum absolute atomic E-state index is 12.8. The van der Waals surface area contributed by atoms with E-state index in [1.54, 1.807) is 16.4 Å². The second-order valence-corrected chi connectivity index (χ2v) is 8.67. The zero-order valence-electron chi connectivity index (χ0n) is 15.6. The zero-order chi connectivity index (χ0) is 20.1. The van der Waals surface area contributed by atoms with Crippen molar-refractivity contribution in [3.05, 3.63) is 54.3 Å². The van der Waals surface area contributed by atoms with Crippen molar-refractivity contribution in [2.75, 3.05) is 18.5 Å². The molecule has 150 valence electrons. The van der Waals surface area contributed by atoms with Gasteiger partial charge in [0.05, 0.1) is 4.90 Å². The van der Waals surface area contributed by atoms with E-state index < -0.39 is 15.9 Å². The Balaban J connectivity index is 1.59. The van der Waals surface area contributed by atoms with Gasteiger partial charge >= 0.3 is 0 Å². The number of nitrogens with one attached hydrogen (secondary N) is 1. The first-order valence-electron chi connectivity index (χ1n) is 9.16. The van der Waals surface area contributed by atoms with Crippen LogP contribution in [0.3, 0.4) is 0 Å². The van der Waals surface area contributed by atoms with Crippen molar-refractivity contribution in [3.8, 4) is 5.75 Å². The first-order chi connectivity index (χ1) is 13.4. The zero-order valence-corrected chi connectivity index (χ0v) is 16.4. The maximum Gasteiger partial charge on any atom is 0.262 e. The molecule has 0 bridgehead atoms. The van der Waals surface area contributed by atoms with Gasteiger partial charge in [-0.3, -0.25) is 4.79 Å². The minimum absolute atomic E-state index is 0.0123. The highest BCUT2D eigenvalue weighted by Gasteiger charge is 2.30. The molecule has 0 radical (unpaired) electrons. The summed E-state index contributed by atoms with van der Waals surface area (Å²) < 4.78 is 45.3. The Kier molecular flexibility index (Phi) is 6.31. The summed E-state index contributed by atoms with van der Waals surface area (Å²) in [5.41, 5.74) is 0.471. The molecule has 0 saturated carbocycles. The van der Waals surface area contributed by atoms with Gasteiger partial charge in [-0.05, 0) is 68.3 Å². The number of nitrogens with zero attached hydrogens (tertiary/aromatic N) is 1. The van der Waals surface area contributed by atoms with Crippen molar-refractivity contribution < 1.29 is 22.3 Å². The first kappa shape index (κ1) is 20.3. The summed E-state index contributed by atoms with van der Waals surface area (Å²) in [6.07, 6.45) is 2.77. The van der Waals surface area contributed by atoms with Crippen LogP contribution in [0.25, 0.3) is 0 Å². The monoisotopic (exact) mass is 406 g/mol. The first-order valence-corrected chi connectivity index (χ1v) is 10.6. The molecule has 2 aromatic rings. The number of anilines is 1. The van der Waals surface area contributed by atoms with E-state index in [9.17, 15) is 17.6 Å². The van der Waals surface area contributed by atoms with E-state index in [0.717, 1.165) is 19.3 Å². The fraction of sp³-hybridized carbons (Fsp3) is 0.350. The van der Waals surface area contributed by atoms with Crippen molar-refractivity contribution in [2.24, 2.45) is 0 Å². The number of carbonyl (C=O) groups excluding carboxylic acids is 1. The molecular formula is C20H23FN2O4S. The lowest BCUT2D eigenvalue weighted by atomic mass is 10.1. The molecule has 0 aromatic heterocycles. The van der Waals surface area contributed by atoms with E-state index in [1.165, 1.54) is 36.4 Å². The largest absolute Gasteiger partial charge is 0.484 e. The van der Waals surface area contributed by atoms with Gasteiger partial charge in [0.25, 0.3) is 5.91 Å². The Morgan fingerprint density at radius 2 is 1.82 bits per heavy atom. The van der Waals surface area contributed by atoms with E-state index in [-0.39, 0.29) is 23.4 Å². The van der Waals surface area contributed by atoms with Crippen LogP contribution >= 0.6 is 0 Å². The molecule has 1 N–H and O–H groups in total. The van der Waals surface area contributed by atoms with E-state index in [4.69, 9.17) is 4.74 Å². The summed E-state index contributed by atoms with van der Waals surface area (Å²) >= 11 is 0. The fourth-order valence-electron chi connectivity index (χ4n) is 3.15. The van der Waals surface area contributed by atoms with Crippen LogP contribution in [0.4, 0.5) is 10.1 Å². The number of piperidine rings is 1. The van der Waals surface area contributed by atoms with E-state index in [0.29, 0.717) is 18.0 Å². The summed E-state index contributed by atoms with van der Waals surface area (Å²) in [7, 11) is -3.54. The third-order valence-electron chi connectivity index (χ3n) is 4.67. The van der Waals surface area contributed by atoms with E-state index >= 15 is 0 Å². The summed E-state index contributed by atoms with van der Waals surface area (Å²) in [5, 5.41) is 2.64. The van der Waals surface area contributed by atoms with Crippen LogP contribution in [-0.4, -0.2) is 37.8 Å². The second-order valence-electron chi connectivity index (χ2n) is 6.78. The average Bonchev–Trinajstić information content (AvgIpc) is 2.68. The molecule has 2 aromatic carbocycles. The summed E-state index contributed by atoms with van der Waals surface area (Å²) in [6, 6.07) is 11.4. The van der Waals surface area contributed by atoms with Crippen LogP contribution in [0.15, 0.2) is 53.4 Å². The van der Waals surface area contributed by atoms with Gasteiger partial charge in [0.2, 0.25) is 10.0 Å². The molecule has 28 heavy (non-hydrogen) atoms. The number of hydrogen-bond acceptors (Lipinski definition) is 4. The van der Waals surface area contributed by atoms with Crippen molar-refractivity contribution in [1.29, 1.82) is 0 Å². The lowest BCUT2D eigenvalue weighted by Gasteiger charge is -2.32. The number of rotatable bonds is 6. The highest BCUT2D eigenvalue weighted by atomic mass is 32.2. The molecule has 3 rings (SSSR count). The fourth-order valence-corrected chi connectivity index (χ4v) is 4.85. The lowest BCUT2D eigenvalue weighted by molar-refractivity contribution is -0.118. The van der Waals surface area contributed by atoms with Crippen LogP contribution in [-0.2, 0) is 14.8 Å². The smallest absolute Gasteiger partial charge is 0.262 e. The maximum atomic E-state index is 12.8. The molecule has 8 heteroatoms. The van der Waals surface area contributed by atoms with Gasteiger partial charge in [-0.2, -0.15) is 4.31 Å². The number of amides is 1. The molecule has 1 atom stereocenters. The molecule has 1 saturated heterocycles. The summed E-state index contributed by atoms with van der Waals surface area (Å²) in [4.78, 5) is 12.2. The molecule has 6 nitrogen and oxygen atoms in total. The normalized spacial score (nSPS) is 17.9. The predicted molar refractivity (Wildman–Crippen MR) is 104 cm³/mol. The summed E-state index contributed by atoms with van der Waals surface area (Å²) in [6.45, 7) is 2.21. The van der Waals surface area contributed by atoms with Gasteiger partial charge < -0.3 is 10.1 Å². The van der Waals surface area contributed by atoms with Gasteiger partial charge in [-0.25, -0.2) is 12.8 Å². The van der Waals surface area contributed by atoms with Gasteiger partial charge in [-0.1, -0.05) is 6.42 Å². The SMILES string of the molecule is C[C@H]1CCCCN1S(=O)(=O)c1ccc(NC(=O)COc2ccc(F)cc2)cc1. The predicted octanol–water partition coefficient (Wildman–Crippen LogP) is 3.41. The van der Waals surface area contributed by atoms with Crippen molar-refractivity contribution in [3.63, 3.8) is 0 Å². The van der Waals surface area contributed by atoms with E-state index in [1.807, 2.05) is 6.92 Å². The average molecular weight is 406 g/mol. The van der Waals surface area contributed by atoms with Crippen LogP contribution in [0.5, 0.6) is 5.75 Å². The number of halogens is 1. The molecule has 1 amide bonds. The Labute approximate surface area is 164 Å². The Hall–Kier alpha value is -2.45. The van der Waals surface area contributed by atoms with Crippen LogP contribution in [0.1, 0.15) is 26.2 Å². The highest BCUT2D eigenvalue weighted by Crippen LogP contribution is 2.25. The quantitative estimate of drug-likeness (QED) is 0.798. The molecular weight excluding hydrogens is 383 g/mol. The van der Waals surface area contributed by atoms with Gasteiger partial charge in [0.1, 0.15) is 11.6 Å². The second kappa shape index (κ2) is 8.70. The van der Waals surface area contributed by atoms with Crippen LogP contribution in [0, 0.1) is 5.82 Å². The topological polar surface area (TPSA) is 75.7 Å². The van der Waals surface area contributed by atoms with Crippen LogP contribution in [0.2, 0.25) is 0 Å². The molecule has 0 spiro atoms. The minimum Gasteiger partial charge on any atom is -0.484 e. The van der Waals surface area contributed by atoms with Gasteiger partial charge in [-0.15, -0.1) is 0 Å². The molecule has 1 aliphatic rings. The van der Waals surface area contributed by atoms with Crippen molar-refractivity contribution >= 4 is 21.6 Å². The molecule has 0 aliphatic carbocycles. The molecule has 1 heterocycles. The third-order valence-corrected chi connectivity index (χ3v) is 6.70. The van der Waals surface area contributed by atoms with Gasteiger partial charge in [0, 0.05) is 18.3 Å². The number of carbonyl (C=O) groups is 1.